The summed E-state index contributed by atoms with van der Waals surface area (Å²) in [6.45, 7) is 5.75. The van der Waals surface area contributed by atoms with Crippen molar-refractivity contribution in [3.8, 4) is 0 Å². The molecule has 2 unspecified atom stereocenters. The Kier molecular flexibility index (Phi) is 3.55. The van der Waals surface area contributed by atoms with E-state index in [-0.39, 0.29) is 12.6 Å². The van der Waals surface area contributed by atoms with Gasteiger partial charge in [0, 0.05) is 6.54 Å². The van der Waals surface area contributed by atoms with Gasteiger partial charge in [-0.1, -0.05) is 20.8 Å². The Balaban J connectivity index is 2.40. The lowest BCUT2D eigenvalue weighted by atomic mass is 9.76. The van der Waals surface area contributed by atoms with Crippen LogP contribution in [0.2, 0.25) is 0 Å². The maximum Gasteiger partial charge on any atom is 0.407 e. The molecule has 1 saturated heterocycles. The Hall–Kier alpha value is -2.65. The largest absolute Gasteiger partial charge is 0.465 e. The fourth-order valence-corrected chi connectivity index (χ4v) is 2.82. The fourth-order valence-electron chi connectivity index (χ4n) is 2.82. The Labute approximate surface area is 125 Å². The molecular formula is C12H17N5O5. The third-order valence-electron chi connectivity index (χ3n) is 3.70. The zero-order chi connectivity index (χ0) is 16.8. The van der Waals surface area contributed by atoms with E-state index in [1.807, 2.05) is 20.8 Å². The summed E-state index contributed by atoms with van der Waals surface area (Å²) in [4.78, 5) is 34.0. The van der Waals surface area contributed by atoms with Gasteiger partial charge in [-0.3, -0.25) is 19.6 Å². The summed E-state index contributed by atoms with van der Waals surface area (Å²) in [7, 11) is 0. The van der Waals surface area contributed by atoms with Gasteiger partial charge in [0.1, 0.15) is 6.20 Å². The smallest absolute Gasteiger partial charge is 0.407 e. The highest BCUT2D eigenvalue weighted by Crippen LogP contribution is 2.41. The number of hydrogen-bond acceptors (Lipinski definition) is 5. The molecular weight excluding hydrogens is 294 g/mol. The van der Waals surface area contributed by atoms with E-state index in [2.05, 4.69) is 5.10 Å². The highest BCUT2D eigenvalue weighted by Gasteiger charge is 2.50. The molecule has 2 heterocycles. The molecule has 0 aromatic carbocycles. The van der Waals surface area contributed by atoms with E-state index in [0.717, 1.165) is 6.20 Å². The van der Waals surface area contributed by atoms with Crippen molar-refractivity contribution in [3.05, 3.63) is 22.0 Å². The Morgan fingerprint density at radius 3 is 2.45 bits per heavy atom. The first-order valence-corrected chi connectivity index (χ1v) is 6.57. The minimum Gasteiger partial charge on any atom is -0.465 e. The molecule has 10 heteroatoms. The van der Waals surface area contributed by atoms with Gasteiger partial charge in [-0.2, -0.15) is 5.10 Å². The standard InChI is InChI=1S/C12H17N5O5/c1-12(2,3)9-7(4-15(9)11(19)20)16-5-6(17(21)22)8(14-16)10(13)18/h5,7,9H,4H2,1-3H3,(H2,13,18)(H,19,20). The molecule has 0 bridgehead atoms. The number of hydrogen-bond donors (Lipinski definition) is 2. The maximum atomic E-state index is 11.3. The highest BCUT2D eigenvalue weighted by atomic mass is 16.6. The summed E-state index contributed by atoms with van der Waals surface area (Å²) < 4.78 is 1.27. The van der Waals surface area contributed by atoms with Gasteiger partial charge in [0.05, 0.1) is 17.0 Å². The number of carbonyl (C=O) groups excluding carboxylic acids is 1. The van der Waals surface area contributed by atoms with Crippen molar-refractivity contribution in [2.45, 2.75) is 32.9 Å². The first-order valence-electron chi connectivity index (χ1n) is 6.57. The first-order chi connectivity index (χ1) is 10.0. The third-order valence-corrected chi connectivity index (χ3v) is 3.70. The summed E-state index contributed by atoms with van der Waals surface area (Å²) in [5, 5.41) is 24.0. The van der Waals surface area contributed by atoms with Crippen molar-refractivity contribution in [1.82, 2.24) is 14.7 Å². The Morgan fingerprint density at radius 1 is 1.50 bits per heavy atom. The zero-order valence-electron chi connectivity index (χ0n) is 12.4. The van der Waals surface area contributed by atoms with Crippen LogP contribution in [0, 0.1) is 15.5 Å². The van der Waals surface area contributed by atoms with Crippen LogP contribution in [0.25, 0.3) is 0 Å². The van der Waals surface area contributed by atoms with Gasteiger partial charge in [0.15, 0.2) is 0 Å². The van der Waals surface area contributed by atoms with Crippen molar-refractivity contribution in [2.24, 2.45) is 11.1 Å². The zero-order valence-corrected chi connectivity index (χ0v) is 12.4. The van der Waals surface area contributed by atoms with E-state index < -0.39 is 39.8 Å². The molecule has 1 fully saturated rings. The number of aromatic nitrogens is 2. The fraction of sp³-hybridized carbons (Fsp3) is 0.583. The number of nitrogens with zero attached hydrogens (tertiary/aromatic N) is 4. The number of carbonyl (C=O) groups is 2. The molecule has 1 aliphatic rings. The van der Waals surface area contributed by atoms with Gasteiger partial charge < -0.3 is 15.7 Å². The second-order valence-electron chi connectivity index (χ2n) is 6.28. The summed E-state index contributed by atoms with van der Waals surface area (Å²) in [5.74, 6) is -0.993. The van der Waals surface area contributed by atoms with Gasteiger partial charge >= 0.3 is 11.8 Å². The normalized spacial score (nSPS) is 21.3. The van der Waals surface area contributed by atoms with Crippen molar-refractivity contribution < 1.29 is 19.6 Å². The van der Waals surface area contributed by atoms with Gasteiger partial charge in [-0.25, -0.2) is 4.79 Å². The van der Waals surface area contributed by atoms with E-state index in [9.17, 15) is 24.8 Å². The molecule has 1 aliphatic heterocycles. The second kappa shape index (κ2) is 4.97. The second-order valence-corrected chi connectivity index (χ2v) is 6.28. The van der Waals surface area contributed by atoms with Crippen LogP contribution in [0.4, 0.5) is 10.5 Å². The van der Waals surface area contributed by atoms with Crippen molar-refractivity contribution >= 4 is 17.7 Å². The van der Waals surface area contributed by atoms with Crippen molar-refractivity contribution in [1.29, 1.82) is 0 Å². The molecule has 3 N–H and O–H groups in total. The Morgan fingerprint density at radius 2 is 2.09 bits per heavy atom. The van der Waals surface area contributed by atoms with Crippen LogP contribution in [0.3, 0.4) is 0 Å². The lowest BCUT2D eigenvalue weighted by molar-refractivity contribution is -0.385. The Bertz CT molecular complexity index is 615. The minimum absolute atomic E-state index is 0.147. The maximum absolute atomic E-state index is 11.3. The van der Waals surface area contributed by atoms with E-state index >= 15 is 0 Å². The van der Waals surface area contributed by atoms with Crippen molar-refractivity contribution in [3.63, 3.8) is 0 Å². The van der Waals surface area contributed by atoms with Crippen molar-refractivity contribution in [2.75, 3.05) is 6.54 Å². The molecule has 10 nitrogen and oxygen atoms in total. The first kappa shape index (κ1) is 15.7. The minimum atomic E-state index is -1.06. The summed E-state index contributed by atoms with van der Waals surface area (Å²) in [5.41, 5.74) is 3.80. The van der Waals surface area contributed by atoms with Gasteiger partial charge in [-0.15, -0.1) is 0 Å². The van der Waals surface area contributed by atoms with Crippen LogP contribution in [-0.4, -0.2) is 49.3 Å². The predicted molar refractivity (Wildman–Crippen MR) is 74.4 cm³/mol. The molecule has 0 spiro atoms. The highest BCUT2D eigenvalue weighted by molar-refractivity contribution is 5.94. The molecule has 0 radical (unpaired) electrons. The summed E-state index contributed by atoms with van der Waals surface area (Å²) in [6, 6.07) is -0.798. The summed E-state index contributed by atoms with van der Waals surface area (Å²) >= 11 is 0. The predicted octanol–water partition coefficient (Wildman–Crippen LogP) is 0.840. The number of nitrogens with two attached hydrogens (primary N) is 1. The van der Waals surface area contributed by atoms with Crippen LogP contribution < -0.4 is 5.73 Å². The number of amides is 2. The average molecular weight is 311 g/mol. The lowest BCUT2D eigenvalue weighted by Crippen LogP contribution is -2.63. The topological polar surface area (TPSA) is 145 Å². The van der Waals surface area contributed by atoms with Gasteiger partial charge in [0.25, 0.3) is 5.91 Å². The monoisotopic (exact) mass is 311 g/mol. The SMILES string of the molecule is CC(C)(C)C1C(n2cc([N+](=O)[O-])c(C(N)=O)n2)CN1C(=O)O. The third kappa shape index (κ3) is 2.47. The number of likely N-dealkylation sites (tertiary alicyclic amines) is 1. The van der Waals surface area contributed by atoms with E-state index in [1.165, 1.54) is 9.58 Å². The van der Waals surface area contributed by atoms with Gasteiger partial charge in [0.2, 0.25) is 5.69 Å². The lowest BCUT2D eigenvalue weighted by Gasteiger charge is -2.52. The molecule has 0 saturated carbocycles. The van der Waals surface area contributed by atoms with Gasteiger partial charge in [-0.05, 0) is 5.41 Å². The van der Waals surface area contributed by atoms with Crippen LogP contribution in [-0.2, 0) is 0 Å². The number of nitro groups is 1. The number of rotatable bonds is 3. The van der Waals surface area contributed by atoms with E-state index in [1.54, 1.807) is 0 Å². The van der Waals surface area contributed by atoms with E-state index in [4.69, 9.17) is 5.73 Å². The van der Waals surface area contributed by atoms with E-state index in [0.29, 0.717) is 0 Å². The van der Waals surface area contributed by atoms with Crippen LogP contribution >= 0.6 is 0 Å². The van der Waals surface area contributed by atoms with Crippen LogP contribution in [0.1, 0.15) is 37.3 Å². The molecule has 22 heavy (non-hydrogen) atoms. The number of carboxylic acid groups (broad SMARTS) is 1. The molecule has 2 atom stereocenters. The number of primary amides is 1. The molecule has 2 amide bonds. The summed E-state index contributed by atoms with van der Waals surface area (Å²) in [6.07, 6.45) is 0.0656. The molecule has 1 aromatic rings. The quantitative estimate of drug-likeness (QED) is 0.625. The van der Waals surface area contributed by atoms with Crippen LogP contribution in [0.15, 0.2) is 6.20 Å². The average Bonchev–Trinajstić information content (AvgIpc) is 2.69. The van der Waals surface area contributed by atoms with Crippen LogP contribution in [0.5, 0.6) is 0 Å². The molecule has 120 valence electrons. The molecule has 0 aliphatic carbocycles. The molecule has 1 aromatic heterocycles. The molecule has 2 rings (SSSR count).